The molecule has 1 aromatic heterocycles. The van der Waals surface area contributed by atoms with Crippen molar-refractivity contribution >= 4 is 11.9 Å². The highest BCUT2D eigenvalue weighted by molar-refractivity contribution is 5.81. The average molecular weight is 343 g/mol. The molecule has 0 bridgehead atoms. The molecule has 1 aromatic carbocycles. The van der Waals surface area contributed by atoms with Gasteiger partial charge in [0.1, 0.15) is 13.1 Å². The van der Waals surface area contributed by atoms with Crippen LogP contribution in [0.4, 0.5) is 0 Å². The van der Waals surface area contributed by atoms with Crippen molar-refractivity contribution in [2.75, 3.05) is 13.2 Å². The molecule has 0 aliphatic rings. The number of aromatic nitrogens is 2. The highest BCUT2D eigenvalue weighted by Crippen LogP contribution is 2.19. The Morgan fingerprint density at radius 2 is 1.92 bits per heavy atom. The van der Waals surface area contributed by atoms with E-state index in [1.165, 1.54) is 6.07 Å². The summed E-state index contributed by atoms with van der Waals surface area (Å²) in [5.41, 5.74) is 3.35. The number of ether oxygens (including phenoxy) is 1. The third kappa shape index (κ3) is 5.00. The molecule has 0 atom stereocenters. The molecule has 0 fully saturated rings. The number of esters is 1. The lowest BCUT2D eigenvalue weighted by atomic mass is 10.0. The standard InChI is InChI=1S/C18H21N3O4/c1-4-25-18(24)10-19-16(22)11-21-17(23)8-7-15(20-21)14-6-5-12(2)13(3)9-14/h5-9H,4,10-11H2,1-3H3,(H,19,22). The number of hydrogen-bond acceptors (Lipinski definition) is 5. The SMILES string of the molecule is CCOC(=O)CNC(=O)Cn1nc(-c2ccc(C)c(C)c2)ccc1=O. The number of carbonyl (C=O) groups excluding carboxylic acids is 2. The van der Waals surface area contributed by atoms with Crippen molar-refractivity contribution in [3.05, 3.63) is 51.8 Å². The third-order valence-corrected chi connectivity index (χ3v) is 3.70. The molecule has 0 aliphatic carbocycles. The largest absolute Gasteiger partial charge is 0.465 e. The summed E-state index contributed by atoms with van der Waals surface area (Å²) >= 11 is 0. The van der Waals surface area contributed by atoms with Crippen LogP contribution in [0.2, 0.25) is 0 Å². The van der Waals surface area contributed by atoms with Crippen LogP contribution in [0, 0.1) is 13.8 Å². The lowest BCUT2D eigenvalue weighted by molar-refractivity contribution is -0.143. The van der Waals surface area contributed by atoms with E-state index in [-0.39, 0.29) is 25.3 Å². The molecule has 132 valence electrons. The first-order chi connectivity index (χ1) is 11.9. The summed E-state index contributed by atoms with van der Waals surface area (Å²) in [7, 11) is 0. The molecule has 25 heavy (non-hydrogen) atoms. The van der Waals surface area contributed by atoms with Crippen molar-refractivity contribution in [3.8, 4) is 11.3 Å². The monoisotopic (exact) mass is 343 g/mol. The van der Waals surface area contributed by atoms with Crippen LogP contribution in [0.5, 0.6) is 0 Å². The molecule has 7 nitrogen and oxygen atoms in total. The van der Waals surface area contributed by atoms with Crippen LogP contribution in [0.25, 0.3) is 11.3 Å². The average Bonchev–Trinajstić information content (AvgIpc) is 2.58. The summed E-state index contributed by atoms with van der Waals surface area (Å²) in [6.45, 7) is 5.43. The maximum Gasteiger partial charge on any atom is 0.325 e. The Bertz CT molecular complexity index is 842. The smallest absolute Gasteiger partial charge is 0.325 e. The van der Waals surface area contributed by atoms with Gasteiger partial charge in [0.15, 0.2) is 0 Å². The molecule has 0 aliphatic heterocycles. The molecule has 1 N–H and O–H groups in total. The van der Waals surface area contributed by atoms with Crippen LogP contribution < -0.4 is 10.9 Å². The van der Waals surface area contributed by atoms with Gasteiger partial charge in [0, 0.05) is 11.6 Å². The fourth-order valence-electron chi connectivity index (χ4n) is 2.19. The fourth-order valence-corrected chi connectivity index (χ4v) is 2.19. The second-order valence-electron chi connectivity index (χ2n) is 5.60. The molecule has 0 radical (unpaired) electrons. The summed E-state index contributed by atoms with van der Waals surface area (Å²) < 4.78 is 5.80. The van der Waals surface area contributed by atoms with Gasteiger partial charge in [-0.2, -0.15) is 5.10 Å². The van der Waals surface area contributed by atoms with E-state index >= 15 is 0 Å². The van der Waals surface area contributed by atoms with Crippen LogP contribution in [0.15, 0.2) is 35.1 Å². The van der Waals surface area contributed by atoms with E-state index in [0.29, 0.717) is 5.69 Å². The van der Waals surface area contributed by atoms with Gasteiger partial charge in [-0.25, -0.2) is 4.68 Å². The summed E-state index contributed by atoms with van der Waals surface area (Å²) in [4.78, 5) is 35.1. The van der Waals surface area contributed by atoms with Gasteiger partial charge in [0.05, 0.1) is 12.3 Å². The van der Waals surface area contributed by atoms with Crippen molar-refractivity contribution in [3.63, 3.8) is 0 Å². The Labute approximate surface area is 145 Å². The molecular formula is C18H21N3O4. The van der Waals surface area contributed by atoms with E-state index in [9.17, 15) is 14.4 Å². The molecule has 0 unspecified atom stereocenters. The predicted molar refractivity (Wildman–Crippen MR) is 93.0 cm³/mol. The lowest BCUT2D eigenvalue weighted by Crippen LogP contribution is -2.36. The Morgan fingerprint density at radius 3 is 2.60 bits per heavy atom. The van der Waals surface area contributed by atoms with Crippen molar-refractivity contribution in [1.82, 2.24) is 15.1 Å². The molecule has 0 saturated carbocycles. The summed E-state index contributed by atoms with van der Waals surface area (Å²) in [6.07, 6.45) is 0. The van der Waals surface area contributed by atoms with Crippen LogP contribution in [0.1, 0.15) is 18.1 Å². The molecular weight excluding hydrogens is 322 g/mol. The molecule has 7 heteroatoms. The van der Waals surface area contributed by atoms with Gasteiger partial charge < -0.3 is 10.1 Å². The Hall–Kier alpha value is -2.96. The zero-order chi connectivity index (χ0) is 18.4. The Kier molecular flexibility index (Phi) is 6.05. The Morgan fingerprint density at radius 1 is 1.16 bits per heavy atom. The minimum Gasteiger partial charge on any atom is -0.465 e. The van der Waals surface area contributed by atoms with Gasteiger partial charge in [0.2, 0.25) is 5.91 Å². The molecule has 0 saturated heterocycles. The fraction of sp³-hybridized carbons (Fsp3) is 0.333. The van der Waals surface area contributed by atoms with Gasteiger partial charge in [-0.05, 0) is 44.0 Å². The highest BCUT2D eigenvalue weighted by atomic mass is 16.5. The van der Waals surface area contributed by atoms with Gasteiger partial charge in [-0.3, -0.25) is 14.4 Å². The first-order valence-corrected chi connectivity index (χ1v) is 7.99. The topological polar surface area (TPSA) is 90.3 Å². The third-order valence-electron chi connectivity index (χ3n) is 3.70. The number of rotatable bonds is 6. The number of nitrogens with one attached hydrogen (secondary N) is 1. The van der Waals surface area contributed by atoms with Crippen molar-refractivity contribution in [2.45, 2.75) is 27.3 Å². The minimum atomic E-state index is -0.528. The summed E-state index contributed by atoms with van der Waals surface area (Å²) in [5.74, 6) is -1.01. The molecule has 2 aromatic rings. The highest BCUT2D eigenvalue weighted by Gasteiger charge is 2.10. The maximum absolute atomic E-state index is 11.9. The second-order valence-corrected chi connectivity index (χ2v) is 5.60. The summed E-state index contributed by atoms with van der Waals surface area (Å²) in [6, 6.07) is 8.87. The second kappa shape index (κ2) is 8.23. The van der Waals surface area contributed by atoms with Gasteiger partial charge in [-0.15, -0.1) is 0 Å². The molecule has 2 rings (SSSR count). The predicted octanol–water partition coefficient (Wildman–Crippen LogP) is 1.21. The van der Waals surface area contributed by atoms with Crippen LogP contribution >= 0.6 is 0 Å². The van der Waals surface area contributed by atoms with E-state index < -0.39 is 11.9 Å². The quantitative estimate of drug-likeness (QED) is 0.796. The van der Waals surface area contributed by atoms with Gasteiger partial charge in [-0.1, -0.05) is 12.1 Å². The first kappa shape index (κ1) is 18.4. The normalized spacial score (nSPS) is 10.4. The van der Waals surface area contributed by atoms with E-state index in [1.54, 1.807) is 13.0 Å². The zero-order valence-electron chi connectivity index (χ0n) is 14.5. The number of nitrogens with zero attached hydrogens (tertiary/aromatic N) is 2. The minimum absolute atomic E-state index is 0.238. The van der Waals surface area contributed by atoms with Crippen LogP contribution in [-0.4, -0.2) is 34.8 Å². The van der Waals surface area contributed by atoms with Crippen molar-refractivity contribution < 1.29 is 14.3 Å². The molecule has 0 spiro atoms. The number of hydrogen-bond donors (Lipinski definition) is 1. The molecule has 1 amide bonds. The zero-order valence-corrected chi connectivity index (χ0v) is 14.5. The van der Waals surface area contributed by atoms with Gasteiger partial charge in [0.25, 0.3) is 5.56 Å². The number of amides is 1. The van der Waals surface area contributed by atoms with Crippen LogP contribution in [0.3, 0.4) is 0 Å². The van der Waals surface area contributed by atoms with E-state index in [4.69, 9.17) is 4.74 Å². The van der Waals surface area contributed by atoms with E-state index in [0.717, 1.165) is 21.4 Å². The maximum atomic E-state index is 11.9. The van der Waals surface area contributed by atoms with Crippen molar-refractivity contribution in [2.24, 2.45) is 0 Å². The van der Waals surface area contributed by atoms with Crippen LogP contribution in [-0.2, 0) is 20.9 Å². The summed E-state index contributed by atoms with van der Waals surface area (Å²) in [5, 5.41) is 6.65. The van der Waals surface area contributed by atoms with Gasteiger partial charge >= 0.3 is 5.97 Å². The molecule has 1 heterocycles. The van der Waals surface area contributed by atoms with E-state index in [1.807, 2.05) is 32.0 Å². The number of carbonyl (C=O) groups is 2. The van der Waals surface area contributed by atoms with Crippen molar-refractivity contribution in [1.29, 1.82) is 0 Å². The van der Waals surface area contributed by atoms with E-state index in [2.05, 4.69) is 10.4 Å². The first-order valence-electron chi connectivity index (χ1n) is 7.99. The number of aryl methyl sites for hydroxylation is 2. The lowest BCUT2D eigenvalue weighted by Gasteiger charge is -2.09. The number of benzene rings is 1. The Balaban J connectivity index is 2.13.